The highest BCUT2D eigenvalue weighted by Crippen LogP contribution is 2.29. The normalized spacial score (nSPS) is 11.6. The molecule has 2 aromatic heterocycles. The van der Waals surface area contributed by atoms with Crippen molar-refractivity contribution < 1.29 is 0 Å². The second kappa shape index (κ2) is 8.84. The number of rotatable bonds is 6. The Labute approximate surface area is 197 Å². The molecule has 0 radical (unpaired) electrons. The molecule has 0 bridgehead atoms. The first-order chi connectivity index (χ1) is 16.4. The third-order valence-electron chi connectivity index (χ3n) is 6.39. The first-order valence-electron chi connectivity index (χ1n) is 11.5. The fourth-order valence-electron chi connectivity index (χ4n) is 4.84. The number of benzene rings is 4. The molecular weight excluding hydrogens is 420 g/mol. The quantitative estimate of drug-likeness (QED) is 0.195. The number of aromatic nitrogens is 2. The molecule has 0 spiro atoms. The Morgan fingerprint density at radius 3 is 1.06 bits per heavy atom. The van der Waals surface area contributed by atoms with Crippen molar-refractivity contribution in [2.75, 3.05) is 11.5 Å². The maximum absolute atomic E-state index is 4.87. The lowest BCUT2D eigenvalue weighted by atomic mass is 10.0. The Balaban J connectivity index is 1.24. The van der Waals surface area contributed by atoms with E-state index in [-0.39, 0.29) is 0 Å². The minimum Gasteiger partial charge on any atom is -0.248 e. The van der Waals surface area contributed by atoms with Crippen LogP contribution in [0, 0.1) is 0 Å². The molecule has 0 saturated heterocycles. The zero-order chi connectivity index (χ0) is 22.0. The van der Waals surface area contributed by atoms with E-state index in [4.69, 9.17) is 9.97 Å². The van der Waals surface area contributed by atoms with Gasteiger partial charge in [0, 0.05) is 21.5 Å². The number of fused-ring (bicyclic) bond motifs is 4. The zero-order valence-electron chi connectivity index (χ0n) is 18.4. The molecule has 0 saturated carbocycles. The summed E-state index contributed by atoms with van der Waals surface area (Å²) < 4.78 is 0. The molecule has 6 aromatic rings. The Morgan fingerprint density at radius 1 is 0.424 bits per heavy atom. The molecule has 0 aliphatic rings. The lowest BCUT2D eigenvalue weighted by Gasteiger charge is -2.12. The van der Waals surface area contributed by atoms with Gasteiger partial charge in [-0.15, -0.1) is 0 Å². The molecule has 3 heteroatoms. The summed E-state index contributed by atoms with van der Waals surface area (Å²) in [5, 5.41) is 5.12. The van der Waals surface area contributed by atoms with Gasteiger partial charge < -0.3 is 0 Å². The molecule has 0 atom stereocenters. The van der Waals surface area contributed by atoms with Gasteiger partial charge in [0.25, 0.3) is 0 Å². The largest absolute Gasteiger partial charge is 0.248 e. The van der Waals surface area contributed by atoms with Gasteiger partial charge in [-0.1, -0.05) is 72.8 Å². The maximum atomic E-state index is 4.87. The molecule has 33 heavy (non-hydrogen) atoms. The van der Waals surface area contributed by atoms with E-state index < -0.39 is 0 Å². The van der Waals surface area contributed by atoms with Crippen molar-refractivity contribution in [1.29, 1.82) is 0 Å². The first kappa shape index (κ1) is 20.2. The number of nitrogens with zero attached hydrogens (tertiary/aromatic N) is 2. The first-order valence-corrected chi connectivity index (χ1v) is 12.6. The molecule has 0 fully saturated rings. The minimum atomic E-state index is 1.05. The van der Waals surface area contributed by atoms with E-state index in [2.05, 4.69) is 97.1 Å². The predicted molar refractivity (Wildman–Crippen MR) is 143 cm³/mol. The van der Waals surface area contributed by atoms with E-state index in [9.17, 15) is 0 Å². The number of aryl methyl sites for hydroxylation is 2. The van der Waals surface area contributed by atoms with E-state index >= 15 is 0 Å². The molecular formula is C30H24N2S. The van der Waals surface area contributed by atoms with Crippen LogP contribution in [0.5, 0.6) is 0 Å². The highest BCUT2D eigenvalue weighted by molar-refractivity contribution is 7.99. The highest BCUT2D eigenvalue weighted by Gasteiger charge is 2.10. The van der Waals surface area contributed by atoms with Crippen molar-refractivity contribution in [1.82, 2.24) is 9.97 Å². The Kier molecular flexibility index (Phi) is 5.41. The van der Waals surface area contributed by atoms with Gasteiger partial charge in [0.1, 0.15) is 0 Å². The van der Waals surface area contributed by atoms with E-state index in [1.165, 1.54) is 32.7 Å². The van der Waals surface area contributed by atoms with Crippen LogP contribution in [0.4, 0.5) is 0 Å². The molecule has 0 aliphatic heterocycles. The summed E-state index contributed by atoms with van der Waals surface area (Å²) in [5.74, 6) is 2.19. The Hall–Kier alpha value is -3.43. The molecule has 4 aromatic carbocycles. The second-order valence-corrected chi connectivity index (χ2v) is 9.59. The number of hydrogen-bond acceptors (Lipinski definition) is 3. The fraction of sp³-hybridized carbons (Fsp3) is 0.133. The van der Waals surface area contributed by atoms with Gasteiger partial charge in [-0.25, -0.2) is 9.97 Å². The average molecular weight is 445 g/mol. The fourth-order valence-corrected chi connectivity index (χ4v) is 5.75. The van der Waals surface area contributed by atoms with Gasteiger partial charge in [-0.2, -0.15) is 11.8 Å². The minimum absolute atomic E-state index is 1.05. The average Bonchev–Trinajstić information content (AvgIpc) is 2.87. The van der Waals surface area contributed by atoms with Crippen LogP contribution in [0.2, 0.25) is 0 Å². The van der Waals surface area contributed by atoms with Crippen LogP contribution in [-0.2, 0) is 12.8 Å². The smallest absolute Gasteiger partial charge is 0.0712 e. The molecule has 2 nitrogen and oxygen atoms in total. The summed E-state index contributed by atoms with van der Waals surface area (Å²) in [5.41, 5.74) is 7.20. The zero-order valence-corrected chi connectivity index (χ0v) is 19.2. The highest BCUT2D eigenvalue weighted by atomic mass is 32.2. The van der Waals surface area contributed by atoms with Gasteiger partial charge in [0.05, 0.1) is 22.1 Å². The van der Waals surface area contributed by atoms with Crippen molar-refractivity contribution in [2.24, 2.45) is 0 Å². The maximum Gasteiger partial charge on any atom is 0.0712 e. The second-order valence-electron chi connectivity index (χ2n) is 8.36. The van der Waals surface area contributed by atoms with Gasteiger partial charge in [0.2, 0.25) is 0 Å². The van der Waals surface area contributed by atoms with Crippen LogP contribution < -0.4 is 0 Å². The molecule has 0 aliphatic carbocycles. The van der Waals surface area contributed by atoms with Crippen molar-refractivity contribution >= 4 is 55.4 Å². The number of pyridine rings is 2. The SMILES string of the molecule is c1ccc2c(CCSCCc3c4ccccc4nc4ccccc34)c3ccccc3nc2c1. The summed E-state index contributed by atoms with van der Waals surface area (Å²) in [6.07, 6.45) is 2.10. The number of hydrogen-bond donors (Lipinski definition) is 0. The van der Waals surface area contributed by atoms with Crippen LogP contribution in [0.3, 0.4) is 0 Å². The van der Waals surface area contributed by atoms with Crippen LogP contribution in [0.1, 0.15) is 11.1 Å². The predicted octanol–water partition coefficient (Wildman–Crippen LogP) is 7.61. The van der Waals surface area contributed by atoms with Crippen LogP contribution in [0.15, 0.2) is 97.1 Å². The monoisotopic (exact) mass is 444 g/mol. The van der Waals surface area contributed by atoms with Crippen LogP contribution in [-0.4, -0.2) is 21.5 Å². The Morgan fingerprint density at radius 2 is 0.727 bits per heavy atom. The molecule has 160 valence electrons. The Bertz CT molecular complexity index is 1380. The molecule has 0 amide bonds. The summed E-state index contributed by atoms with van der Waals surface area (Å²) >= 11 is 2.04. The van der Waals surface area contributed by atoms with E-state index in [1.54, 1.807) is 0 Å². The number of para-hydroxylation sites is 4. The third kappa shape index (κ3) is 3.83. The van der Waals surface area contributed by atoms with Crippen LogP contribution >= 0.6 is 11.8 Å². The van der Waals surface area contributed by atoms with Crippen molar-refractivity contribution in [2.45, 2.75) is 12.8 Å². The lowest BCUT2D eigenvalue weighted by Crippen LogP contribution is -1.98. The summed E-state index contributed by atoms with van der Waals surface area (Å²) in [7, 11) is 0. The molecule has 6 rings (SSSR count). The summed E-state index contributed by atoms with van der Waals surface area (Å²) in [4.78, 5) is 9.74. The van der Waals surface area contributed by atoms with Gasteiger partial charge >= 0.3 is 0 Å². The molecule has 0 unspecified atom stereocenters. The van der Waals surface area contributed by atoms with Gasteiger partial charge in [-0.3, -0.25) is 0 Å². The van der Waals surface area contributed by atoms with Crippen LogP contribution in [0.25, 0.3) is 43.6 Å². The lowest BCUT2D eigenvalue weighted by molar-refractivity contribution is 1.15. The number of thioether (sulfide) groups is 1. The van der Waals surface area contributed by atoms with Gasteiger partial charge in [0.15, 0.2) is 0 Å². The van der Waals surface area contributed by atoms with Gasteiger partial charge in [-0.05, 0) is 59.7 Å². The standard InChI is InChI=1S/C30H24N2S/c1-5-13-27-23(9-1)21(24-10-2-6-14-28(24)31-27)17-19-33-20-18-22-25-11-3-7-15-29(25)32-30-16-8-4-12-26(22)30/h1-16H,17-20H2. The summed E-state index contributed by atoms with van der Waals surface area (Å²) in [6.45, 7) is 0. The van der Waals surface area contributed by atoms with Crippen molar-refractivity contribution in [3.8, 4) is 0 Å². The van der Waals surface area contributed by atoms with Crippen molar-refractivity contribution in [3.05, 3.63) is 108 Å². The van der Waals surface area contributed by atoms with E-state index in [0.29, 0.717) is 0 Å². The third-order valence-corrected chi connectivity index (χ3v) is 7.38. The molecule has 0 N–H and O–H groups in total. The van der Waals surface area contributed by atoms with E-state index in [1.807, 2.05) is 11.8 Å². The van der Waals surface area contributed by atoms with Crippen molar-refractivity contribution in [3.63, 3.8) is 0 Å². The topological polar surface area (TPSA) is 25.8 Å². The summed E-state index contributed by atoms with van der Waals surface area (Å²) in [6, 6.07) is 34.1. The molecule has 2 heterocycles. The van der Waals surface area contributed by atoms with E-state index in [0.717, 1.165) is 46.4 Å².